The molecule has 0 aromatic heterocycles. The van der Waals surface area contributed by atoms with Crippen LogP contribution in [0.25, 0.3) is 0 Å². The number of Topliss-reactive ketones (excluding diaryl/α,β-unsaturated/α-hetero) is 1. The van der Waals surface area contributed by atoms with E-state index in [-0.39, 0.29) is 12.0 Å². The predicted octanol–water partition coefficient (Wildman–Crippen LogP) is 1.39. The minimum Gasteiger partial charge on any atom is -0.381 e. The minimum absolute atomic E-state index is 0.241. The van der Waals surface area contributed by atoms with Gasteiger partial charge in [0, 0.05) is 19.4 Å². The van der Waals surface area contributed by atoms with Gasteiger partial charge in [-0.3, -0.25) is 4.79 Å². The second kappa shape index (κ2) is 2.59. The summed E-state index contributed by atoms with van der Waals surface area (Å²) in [6, 6.07) is 0. The topological polar surface area (TPSA) is 26.3 Å². The lowest BCUT2D eigenvalue weighted by Crippen LogP contribution is -2.42. The van der Waals surface area contributed by atoms with E-state index in [9.17, 15) is 4.79 Å². The van der Waals surface area contributed by atoms with Crippen molar-refractivity contribution in [3.8, 4) is 0 Å². The lowest BCUT2D eigenvalue weighted by atomic mass is 9.68. The van der Waals surface area contributed by atoms with Gasteiger partial charge in [0.15, 0.2) is 0 Å². The van der Waals surface area contributed by atoms with Crippen molar-refractivity contribution in [3.05, 3.63) is 0 Å². The molecule has 3 aliphatic rings. The van der Waals surface area contributed by atoms with Gasteiger partial charge in [-0.05, 0) is 25.2 Å². The van der Waals surface area contributed by atoms with Crippen LogP contribution in [-0.2, 0) is 9.53 Å². The molecule has 2 nitrogen and oxygen atoms in total. The molecule has 0 amide bonds. The number of ether oxygens (including phenoxy) is 1. The van der Waals surface area contributed by atoms with E-state index in [1.807, 2.05) is 0 Å². The summed E-state index contributed by atoms with van der Waals surface area (Å²) in [6.45, 7) is 0. The molecule has 3 aliphatic carbocycles. The number of hydrogen-bond acceptors (Lipinski definition) is 2. The van der Waals surface area contributed by atoms with Crippen LogP contribution in [0.4, 0.5) is 0 Å². The van der Waals surface area contributed by atoms with Crippen molar-refractivity contribution in [2.75, 3.05) is 7.11 Å². The summed E-state index contributed by atoms with van der Waals surface area (Å²) in [7, 11) is 1.72. The lowest BCUT2D eigenvalue weighted by Gasteiger charge is -2.40. The number of carbonyl (C=O) groups is 1. The van der Waals surface area contributed by atoms with E-state index in [0.29, 0.717) is 11.7 Å². The van der Waals surface area contributed by atoms with Gasteiger partial charge in [-0.15, -0.1) is 0 Å². The molecule has 0 heterocycles. The molecule has 0 radical (unpaired) electrons. The first-order chi connectivity index (χ1) is 5.31. The van der Waals surface area contributed by atoms with Crippen LogP contribution < -0.4 is 0 Å². The van der Waals surface area contributed by atoms with Crippen molar-refractivity contribution in [2.45, 2.75) is 31.8 Å². The lowest BCUT2D eigenvalue weighted by molar-refractivity contribution is -0.138. The van der Waals surface area contributed by atoms with E-state index >= 15 is 0 Å². The maximum Gasteiger partial charge on any atom is 0.138 e. The Morgan fingerprint density at radius 2 is 2.27 bits per heavy atom. The van der Waals surface area contributed by atoms with Gasteiger partial charge in [-0.1, -0.05) is 0 Å². The molecule has 11 heavy (non-hydrogen) atoms. The summed E-state index contributed by atoms with van der Waals surface area (Å²) in [5.74, 6) is 1.32. The Hall–Kier alpha value is -0.370. The number of ketones is 1. The van der Waals surface area contributed by atoms with Crippen LogP contribution in [0.2, 0.25) is 0 Å². The third kappa shape index (κ3) is 1.09. The quantitative estimate of drug-likeness (QED) is 0.570. The van der Waals surface area contributed by atoms with Crippen molar-refractivity contribution >= 4 is 5.78 Å². The van der Waals surface area contributed by atoms with Gasteiger partial charge >= 0.3 is 0 Å². The molecule has 0 aromatic carbocycles. The normalized spacial score (nSPS) is 43.0. The number of rotatable bonds is 1. The Labute approximate surface area is 66.9 Å². The predicted molar refractivity (Wildman–Crippen MR) is 41.3 cm³/mol. The Morgan fingerprint density at radius 3 is 2.73 bits per heavy atom. The van der Waals surface area contributed by atoms with Crippen LogP contribution in [0.15, 0.2) is 0 Å². The molecule has 3 fully saturated rings. The monoisotopic (exact) mass is 154 g/mol. The van der Waals surface area contributed by atoms with E-state index < -0.39 is 0 Å². The van der Waals surface area contributed by atoms with Crippen molar-refractivity contribution in [1.29, 1.82) is 0 Å². The zero-order valence-electron chi connectivity index (χ0n) is 6.88. The second-order valence-electron chi connectivity index (χ2n) is 3.73. The number of hydrogen-bond donors (Lipinski definition) is 0. The van der Waals surface area contributed by atoms with E-state index in [4.69, 9.17) is 4.74 Å². The first kappa shape index (κ1) is 7.29. The average Bonchev–Trinajstić information content (AvgIpc) is 2.04. The summed E-state index contributed by atoms with van der Waals surface area (Å²) in [5, 5.41) is 0. The van der Waals surface area contributed by atoms with Gasteiger partial charge in [0.1, 0.15) is 5.78 Å². The highest BCUT2D eigenvalue weighted by molar-refractivity contribution is 5.83. The van der Waals surface area contributed by atoms with Gasteiger partial charge in [0.2, 0.25) is 0 Å². The Morgan fingerprint density at radius 1 is 1.45 bits per heavy atom. The van der Waals surface area contributed by atoms with Gasteiger partial charge in [-0.2, -0.15) is 0 Å². The van der Waals surface area contributed by atoms with Gasteiger partial charge in [0.25, 0.3) is 0 Å². The van der Waals surface area contributed by atoms with Crippen LogP contribution in [0.3, 0.4) is 0 Å². The highest BCUT2D eigenvalue weighted by Gasteiger charge is 2.41. The smallest absolute Gasteiger partial charge is 0.138 e. The highest BCUT2D eigenvalue weighted by atomic mass is 16.5. The van der Waals surface area contributed by atoms with Crippen molar-refractivity contribution < 1.29 is 9.53 Å². The third-order valence-corrected chi connectivity index (χ3v) is 3.11. The molecule has 3 rings (SSSR count). The Bertz CT molecular complexity index is 176. The summed E-state index contributed by atoms with van der Waals surface area (Å²) in [5.41, 5.74) is 0. The van der Waals surface area contributed by atoms with E-state index in [2.05, 4.69) is 0 Å². The summed E-state index contributed by atoms with van der Waals surface area (Å²) in [6.07, 6.45) is 4.50. The van der Waals surface area contributed by atoms with Crippen molar-refractivity contribution in [2.24, 2.45) is 11.8 Å². The molecule has 0 saturated heterocycles. The molecule has 3 atom stereocenters. The zero-order chi connectivity index (χ0) is 7.84. The van der Waals surface area contributed by atoms with Gasteiger partial charge in [-0.25, -0.2) is 0 Å². The zero-order valence-corrected chi connectivity index (χ0v) is 6.88. The summed E-state index contributed by atoms with van der Waals surface area (Å²) >= 11 is 0. The van der Waals surface area contributed by atoms with Gasteiger partial charge < -0.3 is 4.74 Å². The highest BCUT2D eigenvalue weighted by Crippen LogP contribution is 2.40. The molecule has 0 aliphatic heterocycles. The first-order valence-corrected chi connectivity index (χ1v) is 4.36. The second-order valence-corrected chi connectivity index (χ2v) is 3.73. The molecule has 0 aromatic rings. The molecule has 3 saturated carbocycles. The Kier molecular flexibility index (Phi) is 1.72. The number of methoxy groups -OCH3 is 1. The fourth-order valence-corrected chi connectivity index (χ4v) is 2.46. The van der Waals surface area contributed by atoms with Crippen LogP contribution in [0.1, 0.15) is 25.7 Å². The molecule has 0 spiro atoms. The summed E-state index contributed by atoms with van der Waals surface area (Å²) in [4.78, 5) is 11.3. The number of carbonyl (C=O) groups excluding carboxylic acids is 1. The van der Waals surface area contributed by atoms with Crippen LogP contribution in [0, 0.1) is 11.8 Å². The average molecular weight is 154 g/mol. The maximum absolute atomic E-state index is 11.3. The molecular weight excluding hydrogens is 140 g/mol. The molecule has 2 bridgehead atoms. The first-order valence-electron chi connectivity index (χ1n) is 4.36. The van der Waals surface area contributed by atoms with E-state index in [1.54, 1.807) is 7.11 Å². The van der Waals surface area contributed by atoms with Crippen LogP contribution in [-0.4, -0.2) is 19.0 Å². The molecular formula is C9H14O2. The summed E-state index contributed by atoms with van der Waals surface area (Å²) < 4.78 is 5.27. The molecule has 2 heteroatoms. The van der Waals surface area contributed by atoms with Crippen LogP contribution in [0.5, 0.6) is 0 Å². The fraction of sp³-hybridized carbons (Fsp3) is 0.889. The third-order valence-electron chi connectivity index (χ3n) is 3.11. The molecule has 0 unspecified atom stereocenters. The standard InChI is InChI=1S/C9H14O2/c1-11-9-5-6-2-3-7(9)8(10)4-6/h6-7,9H,2-5H2,1H3/t6-,7+,9-/m0/s1. The van der Waals surface area contributed by atoms with Crippen LogP contribution >= 0.6 is 0 Å². The SMILES string of the molecule is CO[C@H]1C[C@H]2CC[C@@H]1C(=O)C2. The molecule has 62 valence electrons. The minimum atomic E-state index is 0.241. The van der Waals surface area contributed by atoms with E-state index in [0.717, 1.165) is 19.3 Å². The van der Waals surface area contributed by atoms with Crippen molar-refractivity contribution in [1.82, 2.24) is 0 Å². The maximum atomic E-state index is 11.3. The fourth-order valence-electron chi connectivity index (χ4n) is 2.46. The number of fused-ring (bicyclic) bond motifs is 3. The van der Waals surface area contributed by atoms with Crippen molar-refractivity contribution in [3.63, 3.8) is 0 Å². The van der Waals surface area contributed by atoms with Gasteiger partial charge in [0.05, 0.1) is 6.10 Å². The van der Waals surface area contributed by atoms with E-state index in [1.165, 1.54) is 6.42 Å². The molecule has 0 N–H and O–H groups in total. The largest absolute Gasteiger partial charge is 0.381 e. The Balaban J connectivity index is 2.13.